The zero-order chi connectivity index (χ0) is 39.3. The lowest BCUT2D eigenvalue weighted by Gasteiger charge is -2.37. The first-order chi connectivity index (χ1) is 26.7. The van der Waals surface area contributed by atoms with E-state index in [1.807, 2.05) is 54.6 Å². The summed E-state index contributed by atoms with van der Waals surface area (Å²) in [5.74, 6) is 0.216. The fourth-order valence-corrected chi connectivity index (χ4v) is 6.94. The molecule has 1 fully saturated rings. The van der Waals surface area contributed by atoms with Crippen LogP contribution in [0.25, 0.3) is 0 Å². The molecular weight excluding hydrogens is 706 g/mol. The van der Waals surface area contributed by atoms with Crippen LogP contribution in [0.15, 0.2) is 84.9 Å². The van der Waals surface area contributed by atoms with Gasteiger partial charge in [-0.3, -0.25) is 4.79 Å². The molecule has 0 saturated carbocycles. The number of carbonyl (C=O) groups excluding carboxylic acids is 2. The van der Waals surface area contributed by atoms with Gasteiger partial charge in [-0.15, -0.1) is 0 Å². The molecule has 0 bridgehead atoms. The molecule has 0 spiro atoms. The van der Waals surface area contributed by atoms with Crippen molar-refractivity contribution in [2.75, 3.05) is 48.7 Å². The molecule has 0 aliphatic carbocycles. The van der Waals surface area contributed by atoms with Gasteiger partial charge in [-0.25, -0.2) is 9.59 Å². The molecule has 5 rings (SSSR count). The van der Waals surface area contributed by atoms with Gasteiger partial charge < -0.3 is 43.2 Å². The molecule has 2 unspecified atom stereocenters. The van der Waals surface area contributed by atoms with Crippen LogP contribution >= 0.6 is 0 Å². The molecule has 1 aliphatic heterocycles. The van der Waals surface area contributed by atoms with Crippen molar-refractivity contribution in [3.63, 3.8) is 0 Å². The van der Waals surface area contributed by atoms with Crippen LogP contribution in [0.5, 0.6) is 34.5 Å². The summed E-state index contributed by atoms with van der Waals surface area (Å²) in [6, 6.07) is 24.9. The predicted octanol–water partition coefficient (Wildman–Crippen LogP) is 6.82. The summed E-state index contributed by atoms with van der Waals surface area (Å²) in [5, 5.41) is 9.18. The van der Waals surface area contributed by atoms with Crippen molar-refractivity contribution in [1.82, 2.24) is 4.90 Å². The van der Waals surface area contributed by atoms with Crippen molar-refractivity contribution in [2.24, 2.45) is 0 Å². The highest BCUT2D eigenvalue weighted by molar-refractivity contribution is 5.89. The monoisotopic (exact) mass is 755 g/mol. The number of carboxylic acids is 1. The van der Waals surface area contributed by atoms with Crippen molar-refractivity contribution >= 4 is 17.8 Å². The van der Waals surface area contributed by atoms with Gasteiger partial charge in [-0.05, 0) is 97.2 Å². The van der Waals surface area contributed by atoms with Crippen LogP contribution in [0.4, 0.5) is 0 Å². The normalized spacial score (nSPS) is 14.9. The average Bonchev–Trinajstić information content (AvgIpc) is 3.22. The number of nitrogens with zero attached hydrogens (tertiary/aromatic N) is 1. The summed E-state index contributed by atoms with van der Waals surface area (Å²) in [4.78, 5) is 42.1. The van der Waals surface area contributed by atoms with E-state index in [0.717, 1.165) is 24.0 Å². The van der Waals surface area contributed by atoms with Crippen molar-refractivity contribution in [1.29, 1.82) is 0 Å². The summed E-state index contributed by atoms with van der Waals surface area (Å²) >= 11 is 0. The number of esters is 1. The standard InChI is InChI=1S/C43H49NO11/c1-49-36-20-18-29(23-37(36)50-2)17-19-35(30-14-11-15-32(24-30)54-27-40(45)46)55-43(48)34-16-9-10-21-44(34)42(47)33(22-28-12-7-6-8-13-28)31-25-38(51-3)41(53-5)39(26-31)52-4/h6-8,11-15,18,20,23-26,33-35H,9-10,16-17,19,21-22,27H2,1-5H3,(H,45,46)/t33?,34?,35-/m1/s1. The molecule has 0 radical (unpaired) electrons. The number of ether oxygens (including phenoxy) is 7. The van der Waals surface area contributed by atoms with E-state index >= 15 is 0 Å². The second kappa shape index (κ2) is 19.4. The molecule has 12 nitrogen and oxygen atoms in total. The van der Waals surface area contributed by atoms with Gasteiger partial charge in [0.1, 0.15) is 17.9 Å². The lowest BCUT2D eigenvalue weighted by molar-refractivity contribution is -0.162. The Morgan fingerprint density at radius 3 is 2.09 bits per heavy atom. The Balaban J connectivity index is 1.46. The third-order valence-electron chi connectivity index (χ3n) is 9.72. The molecule has 55 heavy (non-hydrogen) atoms. The van der Waals surface area contributed by atoms with Gasteiger partial charge in [-0.1, -0.05) is 48.5 Å². The maximum Gasteiger partial charge on any atom is 0.341 e. The highest BCUT2D eigenvalue weighted by Gasteiger charge is 2.38. The Kier molecular flexibility index (Phi) is 14.2. The minimum Gasteiger partial charge on any atom is -0.493 e. The van der Waals surface area contributed by atoms with Crippen LogP contribution in [0, 0.1) is 0 Å². The van der Waals surface area contributed by atoms with E-state index < -0.39 is 36.6 Å². The van der Waals surface area contributed by atoms with E-state index in [-0.39, 0.29) is 5.91 Å². The molecule has 1 heterocycles. The van der Waals surface area contributed by atoms with Crippen molar-refractivity contribution in [3.8, 4) is 34.5 Å². The van der Waals surface area contributed by atoms with Crippen LogP contribution in [-0.2, 0) is 32.0 Å². The van der Waals surface area contributed by atoms with Gasteiger partial charge in [-0.2, -0.15) is 0 Å². The number of methoxy groups -OCH3 is 5. The largest absolute Gasteiger partial charge is 0.493 e. The van der Waals surface area contributed by atoms with E-state index in [1.165, 1.54) is 21.3 Å². The number of likely N-dealkylation sites (tertiary alicyclic amines) is 1. The van der Waals surface area contributed by atoms with Crippen LogP contribution in [0.2, 0.25) is 0 Å². The topological polar surface area (TPSA) is 139 Å². The van der Waals surface area contributed by atoms with Gasteiger partial charge in [0.25, 0.3) is 0 Å². The summed E-state index contributed by atoms with van der Waals surface area (Å²) in [6.45, 7) is -0.141. The van der Waals surface area contributed by atoms with E-state index in [2.05, 4.69) is 0 Å². The maximum atomic E-state index is 14.8. The molecule has 3 atom stereocenters. The molecule has 1 saturated heterocycles. The van der Waals surface area contributed by atoms with Gasteiger partial charge in [0, 0.05) is 6.54 Å². The van der Waals surface area contributed by atoms with Crippen LogP contribution < -0.4 is 28.4 Å². The number of piperidine rings is 1. The second-order valence-corrected chi connectivity index (χ2v) is 13.2. The summed E-state index contributed by atoms with van der Waals surface area (Å²) in [6.07, 6.45) is 2.41. The molecule has 1 aliphatic rings. The van der Waals surface area contributed by atoms with Gasteiger partial charge >= 0.3 is 11.9 Å². The quantitative estimate of drug-likeness (QED) is 0.107. The summed E-state index contributed by atoms with van der Waals surface area (Å²) in [7, 11) is 7.72. The SMILES string of the molecule is COc1ccc(CC[C@@H](OC(=O)C2CCCCN2C(=O)C(Cc2ccccc2)c2cc(OC)c(OC)c(OC)c2)c2cccc(OCC(=O)O)c2)cc1OC. The van der Waals surface area contributed by atoms with E-state index in [4.69, 9.17) is 33.2 Å². The molecule has 4 aromatic rings. The van der Waals surface area contributed by atoms with Crippen LogP contribution in [0.3, 0.4) is 0 Å². The number of rotatable bonds is 18. The lowest BCUT2D eigenvalue weighted by atomic mass is 9.88. The Labute approximate surface area is 321 Å². The first kappa shape index (κ1) is 40.3. The summed E-state index contributed by atoms with van der Waals surface area (Å²) < 4.78 is 39.6. The Hall–Kier alpha value is -5.91. The minimum atomic E-state index is -1.11. The zero-order valence-corrected chi connectivity index (χ0v) is 31.9. The van der Waals surface area contributed by atoms with Crippen molar-refractivity contribution < 1.29 is 52.6 Å². The number of benzene rings is 4. The smallest absolute Gasteiger partial charge is 0.341 e. The third kappa shape index (κ3) is 10.2. The zero-order valence-electron chi connectivity index (χ0n) is 31.9. The van der Waals surface area contributed by atoms with Crippen molar-refractivity contribution in [3.05, 3.63) is 107 Å². The van der Waals surface area contributed by atoms with Gasteiger partial charge in [0.2, 0.25) is 11.7 Å². The number of aliphatic carboxylic acids is 1. The predicted molar refractivity (Wildman–Crippen MR) is 205 cm³/mol. The van der Waals surface area contributed by atoms with E-state index in [1.54, 1.807) is 49.5 Å². The van der Waals surface area contributed by atoms with E-state index in [0.29, 0.717) is 77.9 Å². The number of hydrogen-bond donors (Lipinski definition) is 1. The van der Waals surface area contributed by atoms with Gasteiger partial charge in [0.05, 0.1) is 41.5 Å². The highest BCUT2D eigenvalue weighted by atomic mass is 16.5. The number of carboxylic acid groups (broad SMARTS) is 1. The number of amides is 1. The van der Waals surface area contributed by atoms with E-state index in [9.17, 15) is 19.5 Å². The fraction of sp³-hybridized carbons (Fsp3) is 0.372. The Morgan fingerprint density at radius 1 is 0.727 bits per heavy atom. The molecule has 1 amide bonds. The first-order valence-electron chi connectivity index (χ1n) is 18.2. The molecule has 12 heteroatoms. The second-order valence-electron chi connectivity index (χ2n) is 13.2. The Morgan fingerprint density at radius 2 is 1.44 bits per heavy atom. The minimum absolute atomic E-state index is 0.217. The Bertz CT molecular complexity index is 1890. The van der Waals surface area contributed by atoms with Crippen LogP contribution in [-0.4, -0.2) is 82.6 Å². The molecule has 1 N–H and O–H groups in total. The third-order valence-corrected chi connectivity index (χ3v) is 9.72. The maximum absolute atomic E-state index is 14.8. The lowest BCUT2D eigenvalue weighted by Crippen LogP contribution is -2.50. The average molecular weight is 756 g/mol. The highest BCUT2D eigenvalue weighted by Crippen LogP contribution is 2.42. The number of aryl methyl sites for hydroxylation is 1. The first-order valence-corrected chi connectivity index (χ1v) is 18.2. The van der Waals surface area contributed by atoms with Gasteiger partial charge in [0.15, 0.2) is 29.6 Å². The van der Waals surface area contributed by atoms with Crippen molar-refractivity contribution in [2.45, 2.75) is 56.6 Å². The van der Waals surface area contributed by atoms with Crippen LogP contribution in [0.1, 0.15) is 60.0 Å². The molecule has 0 aromatic heterocycles. The fourth-order valence-electron chi connectivity index (χ4n) is 6.94. The number of hydrogen-bond acceptors (Lipinski definition) is 10. The molecule has 292 valence electrons. The molecular formula is C43H49NO11. The summed E-state index contributed by atoms with van der Waals surface area (Å²) in [5.41, 5.74) is 3.17. The molecule has 4 aromatic carbocycles. The number of carbonyl (C=O) groups is 3.